The molecule has 3 aromatic rings. The summed E-state index contributed by atoms with van der Waals surface area (Å²) >= 11 is 0. The van der Waals surface area contributed by atoms with Crippen LogP contribution in [0.5, 0.6) is 11.9 Å². The van der Waals surface area contributed by atoms with Gasteiger partial charge >= 0.3 is 6.01 Å². The second-order valence-electron chi connectivity index (χ2n) is 5.74. The molecule has 1 amide bonds. The van der Waals surface area contributed by atoms with Gasteiger partial charge < -0.3 is 14.8 Å². The van der Waals surface area contributed by atoms with Crippen molar-refractivity contribution in [1.29, 1.82) is 0 Å². The molecule has 0 aliphatic rings. The Morgan fingerprint density at radius 1 is 1.07 bits per heavy atom. The number of nitrogens with one attached hydrogen (secondary N) is 2. The van der Waals surface area contributed by atoms with Gasteiger partial charge in [-0.3, -0.25) is 14.2 Å². The number of benzene rings is 1. The largest absolute Gasteiger partial charge is 0.481 e. The van der Waals surface area contributed by atoms with Gasteiger partial charge in [0.1, 0.15) is 0 Å². The standard InChI is InChI=1S/C17H18N6O5S/c1-23-9-8-13(21-23)16(24)18-11-4-6-12(7-5-11)29(25,26)22-14-10-15(27-2)20-17(19-14)28-3/h4-10H,1-3H3,(H,18,24)(H,19,20,22). The van der Waals surface area contributed by atoms with Gasteiger partial charge in [0.25, 0.3) is 15.9 Å². The number of nitrogens with zero attached hydrogens (tertiary/aromatic N) is 4. The molecule has 1 aromatic carbocycles. The Bertz CT molecular complexity index is 1110. The predicted octanol–water partition coefficient (Wildman–Crippen LogP) is 1.28. The van der Waals surface area contributed by atoms with Crippen molar-refractivity contribution in [3.63, 3.8) is 0 Å². The molecule has 2 N–H and O–H groups in total. The van der Waals surface area contributed by atoms with Crippen molar-refractivity contribution in [2.75, 3.05) is 24.3 Å². The van der Waals surface area contributed by atoms with E-state index in [1.165, 1.54) is 49.2 Å². The molecule has 0 bridgehead atoms. The van der Waals surface area contributed by atoms with Crippen LogP contribution in [-0.4, -0.2) is 48.3 Å². The highest BCUT2D eigenvalue weighted by molar-refractivity contribution is 7.92. The summed E-state index contributed by atoms with van der Waals surface area (Å²) in [7, 11) is 0.503. The molecule has 0 fully saturated rings. The van der Waals surface area contributed by atoms with Crippen LogP contribution >= 0.6 is 0 Å². The molecule has 2 heterocycles. The lowest BCUT2D eigenvalue weighted by Gasteiger charge is -2.10. The molecule has 2 aromatic heterocycles. The van der Waals surface area contributed by atoms with E-state index in [9.17, 15) is 13.2 Å². The van der Waals surface area contributed by atoms with Gasteiger partial charge in [-0.2, -0.15) is 15.1 Å². The molecule has 29 heavy (non-hydrogen) atoms. The zero-order chi connectivity index (χ0) is 21.0. The smallest absolute Gasteiger partial charge is 0.321 e. The average Bonchev–Trinajstić information content (AvgIpc) is 3.14. The number of methoxy groups -OCH3 is 2. The molecule has 11 nitrogen and oxygen atoms in total. The first-order valence-electron chi connectivity index (χ1n) is 8.21. The summed E-state index contributed by atoms with van der Waals surface area (Å²) < 4.78 is 39.0. The number of carbonyl (C=O) groups is 1. The molecule has 0 unspecified atom stereocenters. The molecular formula is C17H18N6O5S. The number of ether oxygens (including phenoxy) is 2. The van der Waals surface area contributed by atoms with E-state index < -0.39 is 15.9 Å². The number of rotatable bonds is 7. The molecule has 0 atom stereocenters. The van der Waals surface area contributed by atoms with Crippen LogP contribution in [0.1, 0.15) is 10.5 Å². The van der Waals surface area contributed by atoms with Crippen LogP contribution in [0, 0.1) is 0 Å². The molecule has 0 aliphatic carbocycles. The first-order valence-corrected chi connectivity index (χ1v) is 9.70. The first kappa shape index (κ1) is 20.1. The van der Waals surface area contributed by atoms with E-state index >= 15 is 0 Å². The van der Waals surface area contributed by atoms with Gasteiger partial charge in [0.05, 0.1) is 19.1 Å². The summed E-state index contributed by atoms with van der Waals surface area (Å²) in [5.74, 6) is -0.275. The Kier molecular flexibility index (Phi) is 5.64. The fourth-order valence-electron chi connectivity index (χ4n) is 2.30. The summed E-state index contributed by atoms with van der Waals surface area (Å²) in [6.07, 6.45) is 1.65. The highest BCUT2D eigenvalue weighted by Gasteiger charge is 2.17. The van der Waals surface area contributed by atoms with Crippen molar-refractivity contribution in [1.82, 2.24) is 19.7 Å². The fraction of sp³-hybridized carbons (Fsp3) is 0.176. The number of carbonyl (C=O) groups excluding carboxylic acids is 1. The maximum absolute atomic E-state index is 12.6. The number of aryl methyl sites for hydroxylation is 1. The zero-order valence-corrected chi connectivity index (χ0v) is 16.6. The molecule has 12 heteroatoms. The van der Waals surface area contributed by atoms with Crippen LogP contribution in [0.25, 0.3) is 0 Å². The Morgan fingerprint density at radius 3 is 2.38 bits per heavy atom. The summed E-state index contributed by atoms with van der Waals surface area (Å²) in [6, 6.07) is 8.49. The molecule has 0 radical (unpaired) electrons. The first-order chi connectivity index (χ1) is 13.8. The summed E-state index contributed by atoms with van der Waals surface area (Å²) in [4.78, 5) is 19.9. The minimum atomic E-state index is -3.94. The van der Waals surface area contributed by atoms with Crippen molar-refractivity contribution in [2.45, 2.75) is 4.90 Å². The van der Waals surface area contributed by atoms with Crippen molar-refractivity contribution in [2.24, 2.45) is 7.05 Å². The number of aromatic nitrogens is 4. The minimum absolute atomic E-state index is 0.0127. The molecule has 0 aliphatic heterocycles. The summed E-state index contributed by atoms with van der Waals surface area (Å²) in [6.45, 7) is 0. The van der Waals surface area contributed by atoms with E-state index in [-0.39, 0.29) is 28.3 Å². The van der Waals surface area contributed by atoms with E-state index in [4.69, 9.17) is 9.47 Å². The van der Waals surface area contributed by atoms with Crippen LogP contribution in [0.15, 0.2) is 47.5 Å². The van der Waals surface area contributed by atoms with Crippen LogP contribution in [-0.2, 0) is 17.1 Å². The molecule has 0 saturated carbocycles. The van der Waals surface area contributed by atoms with E-state index in [1.54, 1.807) is 19.3 Å². The van der Waals surface area contributed by atoms with Gasteiger partial charge in [0, 0.05) is 25.0 Å². The summed E-state index contributed by atoms with van der Waals surface area (Å²) in [5, 5.41) is 6.65. The zero-order valence-electron chi connectivity index (χ0n) is 15.8. The quantitative estimate of drug-likeness (QED) is 0.585. The SMILES string of the molecule is COc1cc(NS(=O)(=O)c2ccc(NC(=O)c3ccn(C)n3)cc2)nc(OC)n1. The molecule has 3 rings (SSSR count). The Labute approximate surface area is 166 Å². The fourth-order valence-corrected chi connectivity index (χ4v) is 3.29. The van der Waals surface area contributed by atoms with Gasteiger partial charge in [0.2, 0.25) is 5.88 Å². The van der Waals surface area contributed by atoms with Gasteiger partial charge in [-0.25, -0.2) is 8.42 Å². The Hall–Kier alpha value is -3.67. The Balaban J connectivity index is 1.75. The van der Waals surface area contributed by atoms with Crippen LogP contribution in [0.3, 0.4) is 0 Å². The molecule has 0 saturated heterocycles. The maximum Gasteiger partial charge on any atom is 0.321 e. The average molecular weight is 418 g/mol. The van der Waals surface area contributed by atoms with Gasteiger partial charge in [-0.05, 0) is 30.3 Å². The molecule has 0 spiro atoms. The maximum atomic E-state index is 12.6. The van der Waals surface area contributed by atoms with Crippen molar-refractivity contribution in [3.8, 4) is 11.9 Å². The van der Waals surface area contributed by atoms with Crippen molar-refractivity contribution >= 4 is 27.4 Å². The van der Waals surface area contributed by atoms with Gasteiger partial charge in [-0.15, -0.1) is 0 Å². The number of anilines is 2. The third kappa shape index (κ3) is 4.79. The van der Waals surface area contributed by atoms with Crippen molar-refractivity contribution < 1.29 is 22.7 Å². The van der Waals surface area contributed by atoms with E-state index in [0.717, 1.165) is 0 Å². The van der Waals surface area contributed by atoms with Gasteiger partial charge in [-0.1, -0.05) is 0 Å². The highest BCUT2D eigenvalue weighted by atomic mass is 32.2. The van der Waals surface area contributed by atoms with Crippen LogP contribution in [0.2, 0.25) is 0 Å². The number of hydrogen-bond donors (Lipinski definition) is 2. The third-order valence-corrected chi connectivity index (χ3v) is 5.05. The molecule has 152 valence electrons. The van der Waals surface area contributed by atoms with E-state index in [1.807, 2.05) is 0 Å². The van der Waals surface area contributed by atoms with Gasteiger partial charge in [0.15, 0.2) is 11.5 Å². The van der Waals surface area contributed by atoms with Crippen molar-refractivity contribution in [3.05, 3.63) is 48.3 Å². The lowest BCUT2D eigenvalue weighted by Crippen LogP contribution is -2.15. The highest BCUT2D eigenvalue weighted by Crippen LogP contribution is 2.21. The topological polar surface area (TPSA) is 137 Å². The normalized spacial score (nSPS) is 11.0. The minimum Gasteiger partial charge on any atom is -0.481 e. The third-order valence-electron chi connectivity index (χ3n) is 3.68. The number of amides is 1. The second kappa shape index (κ2) is 8.14. The van der Waals surface area contributed by atoms with E-state index in [0.29, 0.717) is 5.69 Å². The molecular weight excluding hydrogens is 400 g/mol. The monoisotopic (exact) mass is 418 g/mol. The lowest BCUT2D eigenvalue weighted by atomic mass is 10.3. The van der Waals surface area contributed by atoms with Crippen LogP contribution in [0.4, 0.5) is 11.5 Å². The number of sulfonamides is 1. The predicted molar refractivity (Wildman–Crippen MR) is 104 cm³/mol. The Morgan fingerprint density at radius 2 is 1.79 bits per heavy atom. The lowest BCUT2D eigenvalue weighted by molar-refractivity contribution is 0.102. The van der Waals surface area contributed by atoms with Crippen LogP contribution < -0.4 is 19.5 Å². The summed E-state index contributed by atoms with van der Waals surface area (Å²) in [5.41, 5.74) is 0.669. The van der Waals surface area contributed by atoms with E-state index in [2.05, 4.69) is 25.1 Å². The second-order valence-corrected chi connectivity index (χ2v) is 7.42. The number of hydrogen-bond acceptors (Lipinski definition) is 8.